The van der Waals surface area contributed by atoms with Crippen LogP contribution in [0.25, 0.3) is 10.9 Å². The van der Waals surface area contributed by atoms with Crippen LogP contribution in [0.3, 0.4) is 0 Å². The second kappa shape index (κ2) is 6.50. The molecule has 1 heterocycles. The van der Waals surface area contributed by atoms with Crippen LogP contribution in [0.2, 0.25) is 0 Å². The highest BCUT2D eigenvalue weighted by Crippen LogP contribution is 2.25. The van der Waals surface area contributed by atoms with Crippen molar-refractivity contribution in [2.45, 2.75) is 13.0 Å². The molecule has 0 spiro atoms. The molecule has 1 N–H and O–H groups in total. The van der Waals surface area contributed by atoms with Gasteiger partial charge in [-0.2, -0.15) is 0 Å². The first-order chi connectivity index (χ1) is 9.20. The number of rotatable bonds is 6. The second-order valence-electron chi connectivity index (χ2n) is 4.79. The second-order valence-corrected chi connectivity index (χ2v) is 4.79. The van der Waals surface area contributed by atoms with Crippen molar-refractivity contribution in [3.63, 3.8) is 0 Å². The van der Waals surface area contributed by atoms with Crippen molar-refractivity contribution in [3.8, 4) is 5.75 Å². The van der Waals surface area contributed by atoms with E-state index in [-0.39, 0.29) is 6.61 Å². The van der Waals surface area contributed by atoms with Crippen molar-refractivity contribution in [1.29, 1.82) is 0 Å². The fourth-order valence-electron chi connectivity index (χ4n) is 1.96. The number of hydrogen-bond acceptors (Lipinski definition) is 4. The molecule has 0 amide bonds. The molecule has 1 aromatic heterocycles. The molecule has 0 fully saturated rings. The predicted octanol–water partition coefficient (Wildman–Crippen LogP) is 2.06. The fraction of sp³-hybridized carbons (Fsp3) is 0.400. The van der Waals surface area contributed by atoms with Crippen molar-refractivity contribution in [2.75, 3.05) is 27.2 Å². The summed E-state index contributed by atoms with van der Waals surface area (Å²) in [5, 5.41) is 10.2. The molecule has 102 valence electrons. The zero-order chi connectivity index (χ0) is 13.7. The Morgan fingerprint density at radius 2 is 2.05 bits per heavy atom. The van der Waals surface area contributed by atoms with Crippen molar-refractivity contribution in [1.82, 2.24) is 9.88 Å². The molecule has 0 saturated carbocycles. The number of pyridine rings is 1. The number of aliphatic hydroxyl groups is 1. The molecular weight excluding hydrogens is 240 g/mol. The molecule has 0 atom stereocenters. The van der Waals surface area contributed by atoms with Gasteiger partial charge in [0.25, 0.3) is 0 Å². The minimum atomic E-state index is -0.0705. The lowest BCUT2D eigenvalue weighted by molar-refractivity contribution is 0.271. The summed E-state index contributed by atoms with van der Waals surface area (Å²) in [7, 11) is 4.09. The molecule has 0 unspecified atom stereocenters. The molecule has 4 heteroatoms. The van der Waals surface area contributed by atoms with E-state index in [1.165, 1.54) is 0 Å². The zero-order valence-electron chi connectivity index (χ0n) is 11.5. The van der Waals surface area contributed by atoms with Gasteiger partial charge in [-0.05, 0) is 32.6 Å². The molecule has 0 bridgehead atoms. The molecule has 19 heavy (non-hydrogen) atoms. The summed E-state index contributed by atoms with van der Waals surface area (Å²) >= 11 is 0. The number of aliphatic hydroxyl groups excluding tert-OH is 1. The summed E-state index contributed by atoms with van der Waals surface area (Å²) in [6, 6.07) is 9.64. The smallest absolute Gasteiger partial charge is 0.130 e. The van der Waals surface area contributed by atoms with E-state index in [0.29, 0.717) is 12.3 Å². The summed E-state index contributed by atoms with van der Waals surface area (Å²) in [6.45, 7) is 1.59. The van der Waals surface area contributed by atoms with E-state index >= 15 is 0 Å². The van der Waals surface area contributed by atoms with Crippen molar-refractivity contribution < 1.29 is 9.84 Å². The first-order valence-electron chi connectivity index (χ1n) is 6.48. The van der Waals surface area contributed by atoms with Crippen LogP contribution in [0.1, 0.15) is 12.1 Å². The van der Waals surface area contributed by atoms with E-state index in [9.17, 15) is 5.11 Å². The Bertz CT molecular complexity index is 541. The Balaban J connectivity index is 2.16. The molecule has 0 aliphatic carbocycles. The van der Waals surface area contributed by atoms with Gasteiger partial charge in [-0.15, -0.1) is 0 Å². The summed E-state index contributed by atoms with van der Waals surface area (Å²) in [5.41, 5.74) is 1.50. The summed E-state index contributed by atoms with van der Waals surface area (Å²) in [6.07, 6.45) is 0.970. The van der Waals surface area contributed by atoms with Gasteiger partial charge in [-0.3, -0.25) is 4.98 Å². The molecule has 1 aromatic carbocycles. The third-order valence-corrected chi connectivity index (χ3v) is 2.90. The van der Waals surface area contributed by atoms with Gasteiger partial charge >= 0.3 is 0 Å². The number of para-hydroxylation sites is 1. The number of hydrogen-bond donors (Lipinski definition) is 1. The Morgan fingerprint density at radius 1 is 1.26 bits per heavy atom. The molecule has 0 aliphatic heterocycles. The first kappa shape index (κ1) is 13.8. The van der Waals surface area contributed by atoms with E-state index in [4.69, 9.17) is 4.74 Å². The number of nitrogens with zero attached hydrogens (tertiary/aromatic N) is 2. The Hall–Kier alpha value is -1.65. The van der Waals surface area contributed by atoms with Gasteiger partial charge in [0, 0.05) is 18.0 Å². The summed E-state index contributed by atoms with van der Waals surface area (Å²) < 4.78 is 5.83. The van der Waals surface area contributed by atoms with Gasteiger partial charge < -0.3 is 14.7 Å². The molecule has 2 rings (SSSR count). The topological polar surface area (TPSA) is 45.6 Å². The molecule has 2 aromatic rings. The zero-order valence-corrected chi connectivity index (χ0v) is 11.5. The van der Waals surface area contributed by atoms with Crippen LogP contribution in [0.5, 0.6) is 5.75 Å². The first-order valence-corrected chi connectivity index (χ1v) is 6.48. The quantitative estimate of drug-likeness (QED) is 0.808. The van der Waals surface area contributed by atoms with E-state index < -0.39 is 0 Å². The molecule has 4 nitrogen and oxygen atoms in total. The van der Waals surface area contributed by atoms with Crippen LogP contribution < -0.4 is 4.74 Å². The highest BCUT2D eigenvalue weighted by Gasteiger charge is 2.06. The number of ether oxygens (including phenoxy) is 1. The van der Waals surface area contributed by atoms with Gasteiger partial charge in [0.2, 0.25) is 0 Å². The van der Waals surface area contributed by atoms with E-state index in [1.54, 1.807) is 0 Å². The van der Waals surface area contributed by atoms with E-state index in [2.05, 4.69) is 9.88 Å². The molecular formula is C15H20N2O2. The van der Waals surface area contributed by atoms with Crippen LogP contribution in [-0.2, 0) is 6.61 Å². The average Bonchev–Trinajstić information content (AvgIpc) is 2.42. The Morgan fingerprint density at radius 3 is 2.79 bits per heavy atom. The van der Waals surface area contributed by atoms with Crippen LogP contribution in [-0.4, -0.2) is 42.2 Å². The summed E-state index contributed by atoms with van der Waals surface area (Å²) in [4.78, 5) is 6.50. The highest BCUT2D eigenvalue weighted by atomic mass is 16.5. The maximum absolute atomic E-state index is 9.24. The fourth-order valence-corrected chi connectivity index (χ4v) is 1.96. The average molecular weight is 260 g/mol. The predicted molar refractivity (Wildman–Crippen MR) is 76.3 cm³/mol. The Labute approximate surface area is 113 Å². The minimum Gasteiger partial charge on any atom is -0.493 e. The maximum atomic E-state index is 9.24. The summed E-state index contributed by atoms with van der Waals surface area (Å²) in [5.74, 6) is 0.799. The lowest BCUT2D eigenvalue weighted by atomic mass is 10.2. The monoisotopic (exact) mass is 260 g/mol. The molecule has 0 radical (unpaired) electrons. The minimum absolute atomic E-state index is 0.0705. The van der Waals surface area contributed by atoms with Crippen LogP contribution >= 0.6 is 0 Å². The molecule has 0 aliphatic rings. The van der Waals surface area contributed by atoms with Crippen molar-refractivity contribution in [3.05, 3.63) is 36.0 Å². The van der Waals surface area contributed by atoms with Gasteiger partial charge in [-0.25, -0.2) is 0 Å². The maximum Gasteiger partial charge on any atom is 0.130 e. The lowest BCUT2D eigenvalue weighted by Crippen LogP contribution is -2.15. The normalized spacial score (nSPS) is 11.2. The van der Waals surface area contributed by atoms with Gasteiger partial charge in [0.05, 0.1) is 24.4 Å². The van der Waals surface area contributed by atoms with E-state index in [1.807, 2.05) is 44.4 Å². The van der Waals surface area contributed by atoms with Crippen molar-refractivity contribution >= 4 is 10.9 Å². The van der Waals surface area contributed by atoms with Gasteiger partial charge in [-0.1, -0.05) is 12.1 Å². The highest BCUT2D eigenvalue weighted by molar-refractivity contribution is 5.85. The standard InChI is InChI=1S/C15H20N2O2/c1-17(2)8-5-9-19-15-10-12(11-18)16-14-7-4-3-6-13(14)15/h3-4,6-7,10,18H,5,8-9,11H2,1-2H3. The van der Waals surface area contributed by atoms with Crippen LogP contribution in [0.15, 0.2) is 30.3 Å². The third-order valence-electron chi connectivity index (χ3n) is 2.90. The number of benzene rings is 1. The number of aromatic nitrogens is 1. The van der Waals surface area contributed by atoms with Crippen LogP contribution in [0, 0.1) is 0 Å². The van der Waals surface area contributed by atoms with Gasteiger partial charge in [0.15, 0.2) is 0 Å². The Kier molecular flexibility index (Phi) is 4.71. The van der Waals surface area contributed by atoms with Gasteiger partial charge in [0.1, 0.15) is 5.75 Å². The SMILES string of the molecule is CN(C)CCCOc1cc(CO)nc2ccccc12. The molecule has 0 saturated heterocycles. The van der Waals surface area contributed by atoms with Crippen LogP contribution in [0.4, 0.5) is 0 Å². The van der Waals surface area contributed by atoms with E-state index in [0.717, 1.165) is 29.6 Å². The van der Waals surface area contributed by atoms with Crippen molar-refractivity contribution in [2.24, 2.45) is 0 Å². The lowest BCUT2D eigenvalue weighted by Gasteiger charge is -2.12. The number of fused-ring (bicyclic) bond motifs is 1. The largest absolute Gasteiger partial charge is 0.493 e. The third kappa shape index (κ3) is 3.66.